The number of hydrogen-bond acceptors (Lipinski definition) is 4. The molecule has 1 aliphatic rings. The van der Waals surface area contributed by atoms with Gasteiger partial charge in [-0.3, -0.25) is 4.79 Å². The fraction of sp³-hybridized carbons (Fsp3) is 0.778. The first-order valence-corrected chi connectivity index (χ1v) is 4.63. The van der Waals surface area contributed by atoms with E-state index in [1.165, 1.54) is 6.08 Å². The van der Waals surface area contributed by atoms with Crippen molar-refractivity contribution in [2.24, 2.45) is 4.99 Å². The first-order valence-electron chi connectivity index (χ1n) is 4.63. The van der Waals surface area contributed by atoms with Crippen LogP contribution >= 0.6 is 0 Å². The molecular weight excluding hydrogens is 182 g/mol. The molecule has 0 spiro atoms. The maximum absolute atomic E-state index is 11.4. The highest BCUT2D eigenvalue weighted by Gasteiger charge is 2.28. The predicted molar refractivity (Wildman–Crippen MR) is 51.7 cm³/mol. The molecule has 5 nitrogen and oxygen atoms in total. The van der Waals surface area contributed by atoms with Crippen LogP contribution in [0.3, 0.4) is 0 Å². The molecule has 0 N–H and O–H groups in total. The largest absolute Gasteiger partial charge is 0.339 e. The molecule has 1 heterocycles. The summed E-state index contributed by atoms with van der Waals surface area (Å²) >= 11 is 0. The summed E-state index contributed by atoms with van der Waals surface area (Å²) in [4.78, 5) is 28.7. The number of rotatable bonds is 4. The van der Waals surface area contributed by atoms with Crippen molar-refractivity contribution in [2.45, 2.75) is 12.5 Å². The zero-order valence-corrected chi connectivity index (χ0v) is 8.56. The lowest BCUT2D eigenvalue weighted by atomic mass is 10.3. The highest BCUT2D eigenvalue weighted by Crippen LogP contribution is 2.13. The molecule has 0 aromatic carbocycles. The minimum atomic E-state index is -0.179. The average molecular weight is 197 g/mol. The third-order valence-electron chi connectivity index (χ3n) is 2.25. The molecule has 0 saturated carbocycles. The quantitative estimate of drug-likeness (QED) is 0.450. The van der Waals surface area contributed by atoms with E-state index in [4.69, 9.17) is 0 Å². The van der Waals surface area contributed by atoms with Crippen molar-refractivity contribution >= 4 is 12.0 Å². The van der Waals surface area contributed by atoms with E-state index in [2.05, 4.69) is 4.99 Å². The van der Waals surface area contributed by atoms with Gasteiger partial charge >= 0.3 is 0 Å². The summed E-state index contributed by atoms with van der Waals surface area (Å²) in [5.74, 6) is 0.0795. The van der Waals surface area contributed by atoms with Crippen LogP contribution < -0.4 is 0 Å². The Balaban J connectivity index is 2.40. The Morgan fingerprint density at radius 1 is 1.64 bits per heavy atom. The third kappa shape index (κ3) is 2.94. The van der Waals surface area contributed by atoms with Crippen LogP contribution in [0.4, 0.5) is 0 Å². The fourth-order valence-corrected chi connectivity index (χ4v) is 1.45. The first kappa shape index (κ1) is 10.9. The second kappa shape index (κ2) is 4.88. The summed E-state index contributed by atoms with van der Waals surface area (Å²) in [7, 11) is 3.92. The SMILES string of the molecule is CN(C)CCN1CC(N=C=O)CC1=O. The molecule has 0 aromatic rings. The van der Waals surface area contributed by atoms with Crippen molar-refractivity contribution < 1.29 is 9.59 Å². The molecular formula is C9H15N3O2. The van der Waals surface area contributed by atoms with Gasteiger partial charge in [-0.1, -0.05) is 0 Å². The Morgan fingerprint density at radius 3 is 2.93 bits per heavy atom. The lowest BCUT2D eigenvalue weighted by molar-refractivity contribution is -0.127. The van der Waals surface area contributed by atoms with Gasteiger partial charge in [0.1, 0.15) is 0 Å². The summed E-state index contributed by atoms with van der Waals surface area (Å²) in [6, 6.07) is -0.179. The van der Waals surface area contributed by atoms with Crippen molar-refractivity contribution in [2.75, 3.05) is 33.7 Å². The molecule has 1 saturated heterocycles. The summed E-state index contributed by atoms with van der Waals surface area (Å²) in [6.45, 7) is 2.10. The second-order valence-corrected chi connectivity index (χ2v) is 3.72. The molecule has 5 heteroatoms. The molecule has 0 aromatic heterocycles. The van der Waals surface area contributed by atoms with Gasteiger partial charge in [-0.05, 0) is 14.1 Å². The molecule has 0 radical (unpaired) electrons. The Bertz CT molecular complexity index is 259. The molecule has 0 aliphatic carbocycles. The Morgan fingerprint density at radius 2 is 2.36 bits per heavy atom. The smallest absolute Gasteiger partial charge is 0.235 e. The number of amides is 1. The van der Waals surface area contributed by atoms with Gasteiger partial charge in [-0.2, -0.15) is 0 Å². The lowest BCUT2D eigenvalue weighted by Gasteiger charge is -2.18. The van der Waals surface area contributed by atoms with Crippen LogP contribution in [0.25, 0.3) is 0 Å². The van der Waals surface area contributed by atoms with Crippen LogP contribution in [0.15, 0.2) is 4.99 Å². The van der Waals surface area contributed by atoms with Crippen LogP contribution in [-0.4, -0.2) is 61.6 Å². The van der Waals surface area contributed by atoms with Gasteiger partial charge in [0.05, 0.1) is 12.5 Å². The molecule has 1 rings (SSSR count). The topological polar surface area (TPSA) is 53.0 Å². The molecule has 14 heavy (non-hydrogen) atoms. The zero-order valence-electron chi connectivity index (χ0n) is 8.56. The second-order valence-electron chi connectivity index (χ2n) is 3.72. The van der Waals surface area contributed by atoms with E-state index in [-0.39, 0.29) is 11.9 Å². The van der Waals surface area contributed by atoms with Gasteiger partial charge in [0, 0.05) is 19.6 Å². The number of isocyanates is 1. The average Bonchev–Trinajstić information content (AvgIpc) is 2.44. The minimum absolute atomic E-state index is 0.0795. The normalized spacial score (nSPS) is 21.5. The number of carbonyl (C=O) groups is 1. The predicted octanol–water partition coefficient (Wildman–Crippen LogP) is -0.515. The van der Waals surface area contributed by atoms with E-state index >= 15 is 0 Å². The zero-order chi connectivity index (χ0) is 10.6. The lowest BCUT2D eigenvalue weighted by Crippen LogP contribution is -2.33. The summed E-state index contributed by atoms with van der Waals surface area (Å²) in [6.07, 6.45) is 1.85. The number of likely N-dealkylation sites (tertiary alicyclic amines) is 1. The van der Waals surface area contributed by atoms with Crippen molar-refractivity contribution in [3.05, 3.63) is 0 Å². The van der Waals surface area contributed by atoms with E-state index in [1.54, 1.807) is 4.90 Å². The van der Waals surface area contributed by atoms with Crippen molar-refractivity contribution in [3.63, 3.8) is 0 Å². The maximum Gasteiger partial charge on any atom is 0.235 e. The van der Waals surface area contributed by atoms with Crippen LogP contribution in [0, 0.1) is 0 Å². The molecule has 78 valence electrons. The van der Waals surface area contributed by atoms with Crippen LogP contribution in [0.2, 0.25) is 0 Å². The van der Waals surface area contributed by atoms with Crippen molar-refractivity contribution in [1.82, 2.24) is 9.80 Å². The van der Waals surface area contributed by atoms with Gasteiger partial charge < -0.3 is 9.80 Å². The Labute approximate surface area is 83.4 Å². The number of hydrogen-bond donors (Lipinski definition) is 0. The molecule has 1 unspecified atom stereocenters. The van der Waals surface area contributed by atoms with Crippen LogP contribution in [0.5, 0.6) is 0 Å². The summed E-state index contributed by atoms with van der Waals surface area (Å²) < 4.78 is 0. The highest BCUT2D eigenvalue weighted by atomic mass is 16.2. The van der Waals surface area contributed by atoms with Gasteiger partial charge in [0.2, 0.25) is 12.0 Å². The van der Waals surface area contributed by atoms with Gasteiger partial charge in [0.25, 0.3) is 0 Å². The van der Waals surface area contributed by atoms with Gasteiger partial charge in [-0.15, -0.1) is 0 Å². The number of carbonyl (C=O) groups excluding carboxylic acids is 2. The third-order valence-corrected chi connectivity index (χ3v) is 2.25. The molecule has 1 aliphatic heterocycles. The molecule has 1 atom stereocenters. The van der Waals surface area contributed by atoms with E-state index in [0.29, 0.717) is 19.5 Å². The molecule has 1 fully saturated rings. The number of nitrogens with zero attached hydrogens (tertiary/aromatic N) is 3. The van der Waals surface area contributed by atoms with E-state index < -0.39 is 0 Å². The Hall–Kier alpha value is -1.19. The standard InChI is InChI=1S/C9H15N3O2/c1-11(2)3-4-12-6-8(10-7-13)5-9(12)14/h8H,3-6H2,1-2H3. The maximum atomic E-state index is 11.4. The van der Waals surface area contributed by atoms with Crippen LogP contribution in [-0.2, 0) is 9.59 Å². The highest BCUT2D eigenvalue weighted by molar-refractivity contribution is 5.79. The monoisotopic (exact) mass is 197 g/mol. The first-order chi connectivity index (χ1) is 6.63. The van der Waals surface area contributed by atoms with Crippen LogP contribution in [0.1, 0.15) is 6.42 Å². The summed E-state index contributed by atoms with van der Waals surface area (Å²) in [5.41, 5.74) is 0. The van der Waals surface area contributed by atoms with Gasteiger partial charge in [0.15, 0.2) is 0 Å². The van der Waals surface area contributed by atoms with E-state index in [1.807, 2.05) is 19.0 Å². The van der Waals surface area contributed by atoms with Crippen molar-refractivity contribution in [1.29, 1.82) is 0 Å². The Kier molecular flexibility index (Phi) is 3.80. The number of likely N-dealkylation sites (N-methyl/N-ethyl adjacent to an activating group) is 1. The molecule has 0 bridgehead atoms. The van der Waals surface area contributed by atoms with Crippen molar-refractivity contribution in [3.8, 4) is 0 Å². The fourth-order valence-electron chi connectivity index (χ4n) is 1.45. The van der Waals surface area contributed by atoms with Gasteiger partial charge in [-0.25, -0.2) is 9.79 Å². The molecule has 1 amide bonds. The van der Waals surface area contributed by atoms with E-state index in [9.17, 15) is 9.59 Å². The number of aliphatic imine (C=N–C) groups is 1. The summed E-state index contributed by atoms with van der Waals surface area (Å²) in [5, 5.41) is 0. The minimum Gasteiger partial charge on any atom is -0.339 e. The van der Waals surface area contributed by atoms with E-state index in [0.717, 1.165) is 6.54 Å².